The fourth-order valence-corrected chi connectivity index (χ4v) is 2.81. The van der Waals surface area contributed by atoms with Gasteiger partial charge < -0.3 is 15.8 Å². The second-order valence-corrected chi connectivity index (χ2v) is 6.07. The van der Waals surface area contributed by atoms with Crippen molar-refractivity contribution in [1.82, 2.24) is 5.32 Å². The summed E-state index contributed by atoms with van der Waals surface area (Å²) in [6.45, 7) is 6.54. The average Bonchev–Trinajstić information content (AvgIpc) is 2.71. The zero-order chi connectivity index (χ0) is 12.7. The predicted octanol–water partition coefficient (Wildman–Crippen LogP) is 2.30. The second-order valence-electron chi connectivity index (χ2n) is 6.07. The van der Waals surface area contributed by atoms with Crippen molar-refractivity contribution in [1.29, 1.82) is 0 Å². The third kappa shape index (κ3) is 5.36. The molecule has 0 aromatic carbocycles. The molecule has 1 saturated carbocycles. The normalized spacial score (nSPS) is 25.4. The maximum absolute atomic E-state index is 5.62. The summed E-state index contributed by atoms with van der Waals surface area (Å²) < 4.78 is 5.48. The quantitative estimate of drug-likeness (QED) is 0.642. The van der Waals surface area contributed by atoms with Crippen LogP contribution in [-0.2, 0) is 4.74 Å². The highest BCUT2D eigenvalue weighted by Gasteiger charge is 2.26. The van der Waals surface area contributed by atoms with E-state index in [9.17, 15) is 0 Å². The first-order valence-corrected chi connectivity index (χ1v) is 7.05. The Kier molecular flexibility index (Phi) is 6.45. The average molecular weight is 242 g/mol. The topological polar surface area (TPSA) is 47.3 Å². The summed E-state index contributed by atoms with van der Waals surface area (Å²) in [6, 6.07) is 0.581. The van der Waals surface area contributed by atoms with Gasteiger partial charge in [0, 0.05) is 13.2 Å². The van der Waals surface area contributed by atoms with Crippen LogP contribution in [0.15, 0.2) is 0 Å². The fraction of sp³-hybridized carbons (Fsp3) is 1.00. The predicted molar refractivity (Wildman–Crippen MR) is 73.1 cm³/mol. The number of hydrogen-bond donors (Lipinski definition) is 2. The lowest BCUT2D eigenvalue weighted by atomic mass is 9.84. The van der Waals surface area contributed by atoms with Crippen LogP contribution in [0.3, 0.4) is 0 Å². The van der Waals surface area contributed by atoms with E-state index in [2.05, 4.69) is 19.2 Å². The smallest absolute Gasteiger partial charge is 0.0724 e. The van der Waals surface area contributed by atoms with Crippen molar-refractivity contribution in [2.45, 2.75) is 64.5 Å². The molecule has 0 spiro atoms. The molecule has 0 saturated heterocycles. The summed E-state index contributed by atoms with van der Waals surface area (Å²) in [5, 5.41) is 3.64. The molecular weight excluding hydrogens is 212 g/mol. The Morgan fingerprint density at radius 1 is 1.29 bits per heavy atom. The Bertz CT molecular complexity index is 206. The molecule has 3 nitrogen and oxygen atoms in total. The van der Waals surface area contributed by atoms with E-state index in [-0.39, 0.29) is 0 Å². The molecule has 0 bridgehead atoms. The molecule has 0 aromatic heterocycles. The molecule has 102 valence electrons. The summed E-state index contributed by atoms with van der Waals surface area (Å²) in [4.78, 5) is 0. The SMILES string of the molecule is COC1CCCC1NCCCC(C)(C)CCN. The first kappa shape index (κ1) is 14.9. The number of hydrogen-bond acceptors (Lipinski definition) is 3. The lowest BCUT2D eigenvalue weighted by molar-refractivity contribution is 0.0848. The summed E-state index contributed by atoms with van der Waals surface area (Å²) in [5.74, 6) is 0. The molecule has 0 aliphatic heterocycles. The van der Waals surface area contributed by atoms with Crippen molar-refractivity contribution in [3.05, 3.63) is 0 Å². The maximum atomic E-state index is 5.62. The van der Waals surface area contributed by atoms with Crippen LogP contribution in [0.1, 0.15) is 52.4 Å². The van der Waals surface area contributed by atoms with Crippen molar-refractivity contribution in [2.75, 3.05) is 20.2 Å². The van der Waals surface area contributed by atoms with Gasteiger partial charge in [-0.3, -0.25) is 0 Å². The van der Waals surface area contributed by atoms with E-state index < -0.39 is 0 Å². The molecule has 0 aromatic rings. The Morgan fingerprint density at radius 3 is 2.71 bits per heavy atom. The molecule has 0 radical (unpaired) electrons. The molecule has 1 aliphatic rings. The van der Waals surface area contributed by atoms with Gasteiger partial charge in [0.05, 0.1) is 6.10 Å². The Morgan fingerprint density at radius 2 is 2.06 bits per heavy atom. The Balaban J connectivity index is 2.11. The van der Waals surface area contributed by atoms with Crippen LogP contribution in [0.5, 0.6) is 0 Å². The minimum atomic E-state index is 0.396. The van der Waals surface area contributed by atoms with Crippen LogP contribution >= 0.6 is 0 Å². The lowest BCUT2D eigenvalue weighted by Gasteiger charge is -2.25. The van der Waals surface area contributed by atoms with Crippen LogP contribution in [0.2, 0.25) is 0 Å². The molecule has 17 heavy (non-hydrogen) atoms. The summed E-state index contributed by atoms with van der Waals surface area (Å²) in [7, 11) is 1.83. The molecule has 2 unspecified atom stereocenters. The van der Waals surface area contributed by atoms with Crippen molar-refractivity contribution in [3.63, 3.8) is 0 Å². The molecule has 0 heterocycles. The third-order valence-electron chi connectivity index (χ3n) is 4.01. The van der Waals surface area contributed by atoms with E-state index in [1.54, 1.807) is 0 Å². The van der Waals surface area contributed by atoms with Gasteiger partial charge in [-0.25, -0.2) is 0 Å². The van der Waals surface area contributed by atoms with Crippen molar-refractivity contribution in [2.24, 2.45) is 11.1 Å². The van der Waals surface area contributed by atoms with Crippen LogP contribution in [0, 0.1) is 5.41 Å². The van der Waals surface area contributed by atoms with E-state index in [1.807, 2.05) is 7.11 Å². The van der Waals surface area contributed by atoms with Crippen LogP contribution < -0.4 is 11.1 Å². The minimum Gasteiger partial charge on any atom is -0.380 e. The molecule has 1 fully saturated rings. The van der Waals surface area contributed by atoms with E-state index in [4.69, 9.17) is 10.5 Å². The highest BCUT2D eigenvalue weighted by molar-refractivity contribution is 4.83. The standard InChI is InChI=1S/C14H30N2O/c1-14(2,9-10-15)8-5-11-16-12-6-4-7-13(12)17-3/h12-13,16H,4-11,15H2,1-3H3. The molecular formula is C14H30N2O. The number of nitrogens with two attached hydrogens (primary N) is 1. The highest BCUT2D eigenvalue weighted by Crippen LogP contribution is 2.26. The van der Waals surface area contributed by atoms with Crippen molar-refractivity contribution < 1.29 is 4.74 Å². The summed E-state index contributed by atoms with van der Waals surface area (Å²) in [6.07, 6.45) is 7.83. The van der Waals surface area contributed by atoms with Gasteiger partial charge in [-0.2, -0.15) is 0 Å². The van der Waals surface area contributed by atoms with Gasteiger partial charge in [-0.1, -0.05) is 13.8 Å². The molecule has 1 aliphatic carbocycles. The van der Waals surface area contributed by atoms with Gasteiger partial charge >= 0.3 is 0 Å². The summed E-state index contributed by atoms with van der Waals surface area (Å²) in [5.41, 5.74) is 6.02. The van der Waals surface area contributed by atoms with E-state index in [1.165, 1.54) is 32.1 Å². The second kappa shape index (κ2) is 7.34. The Labute approximate surface area is 106 Å². The third-order valence-corrected chi connectivity index (χ3v) is 4.01. The fourth-order valence-electron chi connectivity index (χ4n) is 2.81. The molecule has 3 heteroatoms. The molecule has 0 amide bonds. The van der Waals surface area contributed by atoms with Gasteiger partial charge in [0.25, 0.3) is 0 Å². The Hall–Kier alpha value is -0.120. The molecule has 3 N–H and O–H groups in total. The summed E-state index contributed by atoms with van der Waals surface area (Å²) >= 11 is 0. The maximum Gasteiger partial charge on any atom is 0.0724 e. The van der Waals surface area contributed by atoms with Crippen LogP contribution in [-0.4, -0.2) is 32.3 Å². The molecule has 2 atom stereocenters. The first-order valence-electron chi connectivity index (χ1n) is 7.05. The number of rotatable bonds is 8. The van der Waals surface area contributed by atoms with Gasteiger partial charge in [0.15, 0.2) is 0 Å². The number of ether oxygens (including phenoxy) is 1. The van der Waals surface area contributed by atoms with E-state index in [0.717, 1.165) is 19.5 Å². The van der Waals surface area contributed by atoms with Gasteiger partial charge in [-0.15, -0.1) is 0 Å². The van der Waals surface area contributed by atoms with E-state index in [0.29, 0.717) is 17.6 Å². The van der Waals surface area contributed by atoms with Crippen molar-refractivity contribution >= 4 is 0 Å². The minimum absolute atomic E-state index is 0.396. The lowest BCUT2D eigenvalue weighted by Crippen LogP contribution is -2.37. The first-order chi connectivity index (χ1) is 8.09. The van der Waals surface area contributed by atoms with Gasteiger partial charge in [0.1, 0.15) is 0 Å². The highest BCUT2D eigenvalue weighted by atomic mass is 16.5. The largest absolute Gasteiger partial charge is 0.380 e. The number of nitrogens with one attached hydrogen (secondary N) is 1. The zero-order valence-electron chi connectivity index (χ0n) is 11.8. The number of methoxy groups -OCH3 is 1. The molecule has 1 rings (SSSR count). The van der Waals surface area contributed by atoms with Gasteiger partial charge in [0.2, 0.25) is 0 Å². The van der Waals surface area contributed by atoms with Crippen LogP contribution in [0.25, 0.3) is 0 Å². The monoisotopic (exact) mass is 242 g/mol. The van der Waals surface area contributed by atoms with Crippen molar-refractivity contribution in [3.8, 4) is 0 Å². The zero-order valence-corrected chi connectivity index (χ0v) is 11.8. The van der Waals surface area contributed by atoms with Crippen LogP contribution in [0.4, 0.5) is 0 Å². The van der Waals surface area contributed by atoms with Gasteiger partial charge in [-0.05, 0) is 57.0 Å². The van der Waals surface area contributed by atoms with E-state index >= 15 is 0 Å².